The lowest BCUT2D eigenvalue weighted by atomic mass is 10.1. The van der Waals surface area contributed by atoms with Gasteiger partial charge >= 0.3 is 0 Å². The summed E-state index contributed by atoms with van der Waals surface area (Å²) in [6, 6.07) is 6.38. The molecule has 0 bridgehead atoms. The van der Waals surface area contributed by atoms with E-state index in [1.165, 1.54) is 16.9 Å². The van der Waals surface area contributed by atoms with Crippen LogP contribution < -0.4 is 5.32 Å². The van der Waals surface area contributed by atoms with Crippen molar-refractivity contribution in [1.82, 2.24) is 9.38 Å². The third-order valence-electron chi connectivity index (χ3n) is 3.46. The Morgan fingerprint density at radius 3 is 3.05 bits per heavy atom. The summed E-state index contributed by atoms with van der Waals surface area (Å²) in [4.78, 5) is 5.64. The average molecular weight is 350 g/mol. The molecule has 0 spiro atoms. The Labute approximate surface area is 130 Å². The van der Waals surface area contributed by atoms with Gasteiger partial charge in [0, 0.05) is 21.7 Å². The molecule has 0 unspecified atom stereocenters. The van der Waals surface area contributed by atoms with E-state index in [9.17, 15) is 0 Å². The molecule has 1 N–H and O–H groups in total. The van der Waals surface area contributed by atoms with Gasteiger partial charge in [-0.1, -0.05) is 22.9 Å². The Balaban J connectivity index is 1.86. The molecule has 3 nitrogen and oxygen atoms in total. The van der Waals surface area contributed by atoms with Crippen molar-refractivity contribution in [3.63, 3.8) is 0 Å². The maximum atomic E-state index is 4.58. The predicted molar refractivity (Wildman–Crippen MR) is 88.7 cm³/mol. The van der Waals surface area contributed by atoms with Crippen molar-refractivity contribution in [2.75, 3.05) is 5.32 Å². The van der Waals surface area contributed by atoms with Gasteiger partial charge in [0.1, 0.15) is 0 Å². The SMILES string of the molecule is CCc1cc(Br)ccc1NCc1c(C)nc2sccn12. The van der Waals surface area contributed by atoms with Gasteiger partial charge in [0.15, 0.2) is 4.96 Å². The van der Waals surface area contributed by atoms with Crippen LogP contribution in [-0.2, 0) is 13.0 Å². The number of anilines is 1. The van der Waals surface area contributed by atoms with E-state index >= 15 is 0 Å². The van der Waals surface area contributed by atoms with Gasteiger partial charge < -0.3 is 5.32 Å². The largest absolute Gasteiger partial charge is 0.379 e. The number of nitrogens with one attached hydrogen (secondary N) is 1. The molecule has 2 aromatic heterocycles. The molecule has 0 amide bonds. The summed E-state index contributed by atoms with van der Waals surface area (Å²) in [7, 11) is 0. The van der Waals surface area contributed by atoms with Gasteiger partial charge in [-0.3, -0.25) is 4.40 Å². The maximum Gasteiger partial charge on any atom is 0.194 e. The van der Waals surface area contributed by atoms with Crippen LogP contribution in [0.3, 0.4) is 0 Å². The molecule has 0 aliphatic carbocycles. The minimum absolute atomic E-state index is 0.790. The van der Waals surface area contributed by atoms with E-state index in [2.05, 4.69) is 74.3 Å². The van der Waals surface area contributed by atoms with E-state index in [0.717, 1.165) is 28.1 Å². The van der Waals surface area contributed by atoms with Crippen LogP contribution in [-0.4, -0.2) is 9.38 Å². The summed E-state index contributed by atoms with van der Waals surface area (Å²) in [5.41, 5.74) is 4.84. The van der Waals surface area contributed by atoms with E-state index in [1.54, 1.807) is 11.3 Å². The number of rotatable bonds is 4. The maximum absolute atomic E-state index is 4.58. The van der Waals surface area contributed by atoms with Crippen LogP contribution in [0.1, 0.15) is 23.9 Å². The molecule has 0 aliphatic rings. The van der Waals surface area contributed by atoms with Gasteiger partial charge in [-0.05, 0) is 37.1 Å². The Morgan fingerprint density at radius 2 is 2.25 bits per heavy atom. The van der Waals surface area contributed by atoms with E-state index in [0.29, 0.717) is 0 Å². The van der Waals surface area contributed by atoms with Gasteiger partial charge in [-0.25, -0.2) is 4.98 Å². The smallest absolute Gasteiger partial charge is 0.194 e. The number of thiazole rings is 1. The highest BCUT2D eigenvalue weighted by Crippen LogP contribution is 2.23. The molecule has 5 heteroatoms. The second kappa shape index (κ2) is 5.58. The Hall–Kier alpha value is -1.33. The van der Waals surface area contributed by atoms with Gasteiger partial charge in [0.05, 0.1) is 17.9 Å². The standard InChI is InChI=1S/C15H16BrN3S/c1-3-11-8-12(16)4-5-13(11)17-9-14-10(2)18-15-19(14)6-7-20-15/h4-8,17H,3,9H2,1-2H3. The van der Waals surface area contributed by atoms with Crippen LogP contribution >= 0.6 is 27.3 Å². The fourth-order valence-corrected chi connectivity index (χ4v) is 3.55. The van der Waals surface area contributed by atoms with Crippen LogP contribution in [0, 0.1) is 6.92 Å². The number of imidazole rings is 1. The van der Waals surface area contributed by atoms with Crippen molar-refractivity contribution < 1.29 is 0 Å². The van der Waals surface area contributed by atoms with Crippen LogP contribution in [0.4, 0.5) is 5.69 Å². The molecule has 0 aliphatic heterocycles. The number of aryl methyl sites for hydroxylation is 2. The highest BCUT2D eigenvalue weighted by atomic mass is 79.9. The summed E-state index contributed by atoms with van der Waals surface area (Å²) in [5.74, 6) is 0. The predicted octanol–water partition coefficient (Wildman–Crippen LogP) is 4.64. The van der Waals surface area contributed by atoms with Gasteiger partial charge in [-0.2, -0.15) is 0 Å². The lowest BCUT2D eigenvalue weighted by Gasteiger charge is -2.11. The zero-order chi connectivity index (χ0) is 14.1. The molecule has 3 aromatic rings. The monoisotopic (exact) mass is 349 g/mol. The number of halogens is 1. The molecule has 3 rings (SSSR count). The van der Waals surface area contributed by atoms with Crippen LogP contribution in [0.2, 0.25) is 0 Å². The van der Waals surface area contributed by atoms with E-state index in [-0.39, 0.29) is 0 Å². The van der Waals surface area contributed by atoms with Crippen molar-refractivity contribution in [2.45, 2.75) is 26.8 Å². The van der Waals surface area contributed by atoms with Crippen molar-refractivity contribution in [2.24, 2.45) is 0 Å². The Kier molecular flexibility index (Phi) is 3.81. The van der Waals surface area contributed by atoms with Gasteiger partial charge in [0.2, 0.25) is 0 Å². The van der Waals surface area contributed by atoms with E-state index in [1.807, 2.05) is 0 Å². The summed E-state index contributed by atoms with van der Waals surface area (Å²) in [5, 5.41) is 5.61. The molecule has 20 heavy (non-hydrogen) atoms. The van der Waals surface area contributed by atoms with Crippen LogP contribution in [0.5, 0.6) is 0 Å². The molecule has 2 heterocycles. The zero-order valence-electron chi connectivity index (χ0n) is 11.5. The second-order valence-corrected chi connectivity index (χ2v) is 6.50. The topological polar surface area (TPSA) is 29.3 Å². The van der Waals surface area contributed by atoms with Crippen LogP contribution in [0.15, 0.2) is 34.2 Å². The number of benzene rings is 1. The van der Waals surface area contributed by atoms with Crippen molar-refractivity contribution in [3.8, 4) is 0 Å². The first-order valence-corrected chi connectivity index (χ1v) is 8.29. The third-order valence-corrected chi connectivity index (χ3v) is 4.71. The Bertz CT molecular complexity index is 745. The number of hydrogen-bond donors (Lipinski definition) is 1. The molecule has 0 atom stereocenters. The molecule has 1 aromatic carbocycles. The van der Waals surface area contributed by atoms with Crippen LogP contribution in [0.25, 0.3) is 4.96 Å². The van der Waals surface area contributed by atoms with Crippen molar-refractivity contribution >= 4 is 37.9 Å². The fourth-order valence-electron chi connectivity index (χ4n) is 2.36. The molecular formula is C15H16BrN3S. The first-order valence-electron chi connectivity index (χ1n) is 6.62. The molecule has 0 radical (unpaired) electrons. The van der Waals surface area contributed by atoms with Gasteiger partial charge in [-0.15, -0.1) is 11.3 Å². The van der Waals surface area contributed by atoms with Crippen molar-refractivity contribution in [3.05, 3.63) is 51.2 Å². The number of hydrogen-bond acceptors (Lipinski definition) is 3. The summed E-state index contributed by atoms with van der Waals surface area (Å²) in [6.45, 7) is 5.03. The third kappa shape index (κ3) is 2.47. The Morgan fingerprint density at radius 1 is 1.40 bits per heavy atom. The van der Waals surface area contributed by atoms with E-state index < -0.39 is 0 Å². The fraction of sp³-hybridized carbons (Fsp3) is 0.267. The molecule has 0 fully saturated rings. The molecule has 0 saturated carbocycles. The molecule has 104 valence electrons. The van der Waals surface area contributed by atoms with Gasteiger partial charge in [0.25, 0.3) is 0 Å². The summed E-state index contributed by atoms with van der Waals surface area (Å²) in [6.07, 6.45) is 3.10. The minimum Gasteiger partial charge on any atom is -0.379 e. The minimum atomic E-state index is 0.790. The molecule has 0 saturated heterocycles. The highest BCUT2D eigenvalue weighted by molar-refractivity contribution is 9.10. The average Bonchev–Trinajstić information content (AvgIpc) is 2.98. The van der Waals surface area contributed by atoms with Crippen molar-refractivity contribution in [1.29, 1.82) is 0 Å². The molecular weight excluding hydrogens is 334 g/mol. The number of aromatic nitrogens is 2. The summed E-state index contributed by atoms with van der Waals surface area (Å²) >= 11 is 5.20. The first-order chi connectivity index (χ1) is 9.69. The summed E-state index contributed by atoms with van der Waals surface area (Å²) < 4.78 is 3.29. The lowest BCUT2D eigenvalue weighted by Crippen LogP contribution is -2.05. The lowest BCUT2D eigenvalue weighted by molar-refractivity contribution is 0.986. The second-order valence-electron chi connectivity index (χ2n) is 4.71. The highest BCUT2D eigenvalue weighted by Gasteiger charge is 2.10. The number of fused-ring (bicyclic) bond motifs is 1. The number of nitrogens with zero attached hydrogens (tertiary/aromatic N) is 2. The quantitative estimate of drug-likeness (QED) is 0.743. The first kappa shape index (κ1) is 13.6. The normalized spacial score (nSPS) is 11.2. The van der Waals surface area contributed by atoms with E-state index in [4.69, 9.17) is 0 Å². The zero-order valence-corrected chi connectivity index (χ0v) is 13.9.